The molecule has 0 aromatic heterocycles. The molecule has 0 bridgehead atoms. The Morgan fingerprint density at radius 1 is 1.12 bits per heavy atom. The number of ether oxygens (including phenoxy) is 2. The monoisotopic (exact) mass is 442 g/mol. The van der Waals surface area contributed by atoms with Gasteiger partial charge in [0.2, 0.25) is 5.91 Å². The molecule has 0 aliphatic carbocycles. The van der Waals surface area contributed by atoms with E-state index in [-0.39, 0.29) is 35.4 Å². The van der Waals surface area contributed by atoms with E-state index in [1.54, 1.807) is 0 Å². The Balaban J connectivity index is 2.01. The van der Waals surface area contributed by atoms with Gasteiger partial charge in [-0.15, -0.1) is 0 Å². The maximum Gasteiger partial charge on any atom is 0.417 e. The van der Waals surface area contributed by atoms with Crippen LogP contribution >= 0.6 is 0 Å². The van der Waals surface area contributed by atoms with Gasteiger partial charge in [0.05, 0.1) is 12.7 Å². The van der Waals surface area contributed by atoms with Crippen molar-refractivity contribution < 1.29 is 27.4 Å². The molecule has 166 valence electrons. The van der Waals surface area contributed by atoms with Gasteiger partial charge in [-0.3, -0.25) is 4.79 Å². The van der Waals surface area contributed by atoms with Crippen LogP contribution in [0, 0.1) is 0 Å². The lowest BCUT2D eigenvalue weighted by molar-refractivity contribution is -0.137. The largest absolute Gasteiger partial charge is 0.497 e. The Kier molecular flexibility index (Phi) is 5.34. The molecule has 1 unspecified atom stereocenters. The first-order chi connectivity index (χ1) is 15.2. The number of carbonyl (C=O) groups excluding carboxylic acids is 1. The number of benzene rings is 3. The van der Waals surface area contributed by atoms with Crippen LogP contribution in [0.15, 0.2) is 60.7 Å². The average molecular weight is 442 g/mol. The van der Waals surface area contributed by atoms with E-state index in [1.807, 2.05) is 30.3 Å². The molecule has 32 heavy (non-hydrogen) atoms. The second-order valence-corrected chi connectivity index (χ2v) is 7.58. The van der Waals surface area contributed by atoms with E-state index < -0.39 is 23.2 Å². The number of rotatable bonds is 5. The maximum absolute atomic E-state index is 14.1. The molecule has 4 N–H and O–H groups in total. The van der Waals surface area contributed by atoms with Crippen LogP contribution in [0.5, 0.6) is 11.5 Å². The highest BCUT2D eigenvalue weighted by atomic mass is 19.4. The van der Waals surface area contributed by atoms with Crippen LogP contribution in [0.4, 0.5) is 13.2 Å². The summed E-state index contributed by atoms with van der Waals surface area (Å²) in [5.41, 5.74) is 10.5. The van der Waals surface area contributed by atoms with Gasteiger partial charge in [0.15, 0.2) is 5.60 Å². The third-order valence-electron chi connectivity index (χ3n) is 5.73. The third kappa shape index (κ3) is 3.56. The van der Waals surface area contributed by atoms with Gasteiger partial charge in [-0.1, -0.05) is 30.3 Å². The summed E-state index contributed by atoms with van der Waals surface area (Å²) in [6.45, 7) is 0.0489. The van der Waals surface area contributed by atoms with Gasteiger partial charge in [-0.05, 0) is 41.5 Å². The number of nitrogens with two attached hydrogens (primary N) is 2. The number of methoxy groups -OCH3 is 1. The lowest BCUT2D eigenvalue weighted by Crippen LogP contribution is -2.39. The SMILES string of the molecule is COc1ccc(C(N)=O)c(-c2c(C(F)(F)F)ccc3c2CC(CN)(c2ccccc2)O3)c1. The number of alkyl halides is 3. The molecule has 1 atom stereocenters. The van der Waals surface area contributed by atoms with Crippen molar-refractivity contribution in [2.75, 3.05) is 13.7 Å². The number of primary amides is 1. The molecule has 0 radical (unpaired) electrons. The predicted octanol–water partition coefficient (Wildman–Crippen LogP) is 4.27. The number of fused-ring (bicyclic) bond motifs is 1. The van der Waals surface area contributed by atoms with Crippen LogP contribution in [0.1, 0.15) is 27.0 Å². The first-order valence-corrected chi connectivity index (χ1v) is 9.86. The fourth-order valence-corrected chi connectivity index (χ4v) is 4.18. The first-order valence-electron chi connectivity index (χ1n) is 9.86. The van der Waals surface area contributed by atoms with Gasteiger partial charge in [-0.25, -0.2) is 0 Å². The molecule has 0 spiro atoms. The van der Waals surface area contributed by atoms with Crippen molar-refractivity contribution in [2.24, 2.45) is 11.5 Å². The summed E-state index contributed by atoms with van der Waals surface area (Å²) in [6.07, 6.45) is -4.58. The molecule has 0 saturated heterocycles. The average Bonchev–Trinajstić information content (AvgIpc) is 3.18. The summed E-state index contributed by atoms with van der Waals surface area (Å²) in [5.74, 6) is -0.274. The quantitative estimate of drug-likeness (QED) is 0.618. The van der Waals surface area contributed by atoms with Crippen molar-refractivity contribution in [1.82, 2.24) is 0 Å². The Bertz CT molecular complexity index is 1180. The lowest BCUT2D eigenvalue weighted by atomic mass is 9.84. The van der Waals surface area contributed by atoms with Gasteiger partial charge in [-0.2, -0.15) is 13.2 Å². The molecule has 1 aliphatic heterocycles. The van der Waals surface area contributed by atoms with Gasteiger partial charge in [0.1, 0.15) is 11.5 Å². The van der Waals surface area contributed by atoms with Crippen molar-refractivity contribution in [2.45, 2.75) is 18.2 Å². The van der Waals surface area contributed by atoms with Crippen molar-refractivity contribution in [1.29, 1.82) is 0 Å². The van der Waals surface area contributed by atoms with E-state index in [0.29, 0.717) is 11.3 Å². The molecule has 0 saturated carbocycles. The molecule has 0 fully saturated rings. The minimum absolute atomic E-state index is 0.0329. The Morgan fingerprint density at radius 2 is 1.84 bits per heavy atom. The molecule has 1 aliphatic rings. The Labute approximate surface area is 182 Å². The van der Waals surface area contributed by atoms with Crippen LogP contribution in [0.25, 0.3) is 11.1 Å². The van der Waals surface area contributed by atoms with Crippen molar-refractivity contribution >= 4 is 5.91 Å². The molecule has 5 nitrogen and oxygen atoms in total. The highest BCUT2D eigenvalue weighted by Gasteiger charge is 2.45. The van der Waals surface area contributed by atoms with Crippen LogP contribution in [0.3, 0.4) is 0 Å². The molecular formula is C24H21F3N2O3. The van der Waals surface area contributed by atoms with Crippen molar-refractivity contribution in [3.63, 3.8) is 0 Å². The highest BCUT2D eigenvalue weighted by molar-refractivity contribution is 6.01. The van der Waals surface area contributed by atoms with Gasteiger partial charge in [0, 0.05) is 29.7 Å². The summed E-state index contributed by atoms with van der Waals surface area (Å²) < 4.78 is 53.7. The minimum atomic E-state index is -4.68. The van der Waals surface area contributed by atoms with Crippen molar-refractivity contribution in [3.8, 4) is 22.6 Å². The number of hydrogen-bond acceptors (Lipinski definition) is 4. The molecule has 8 heteroatoms. The minimum Gasteiger partial charge on any atom is -0.497 e. The van der Waals surface area contributed by atoms with Gasteiger partial charge in [0.25, 0.3) is 0 Å². The van der Waals surface area contributed by atoms with Crippen LogP contribution in [0.2, 0.25) is 0 Å². The molecule has 1 amide bonds. The summed E-state index contributed by atoms with van der Waals surface area (Å²) in [6, 6.07) is 15.6. The molecular weight excluding hydrogens is 421 g/mol. The Morgan fingerprint density at radius 3 is 2.44 bits per heavy atom. The van der Waals surface area contributed by atoms with E-state index in [2.05, 4.69) is 0 Å². The van der Waals surface area contributed by atoms with E-state index in [9.17, 15) is 18.0 Å². The molecule has 4 rings (SSSR count). The smallest absolute Gasteiger partial charge is 0.417 e. The maximum atomic E-state index is 14.1. The lowest BCUT2D eigenvalue weighted by Gasteiger charge is -2.27. The molecule has 3 aromatic rings. The van der Waals surface area contributed by atoms with E-state index in [4.69, 9.17) is 20.9 Å². The molecule has 3 aromatic carbocycles. The number of amides is 1. The summed E-state index contributed by atoms with van der Waals surface area (Å²) in [5, 5.41) is 0. The zero-order chi connectivity index (χ0) is 23.1. The number of halogens is 3. The topological polar surface area (TPSA) is 87.6 Å². The summed E-state index contributed by atoms with van der Waals surface area (Å²) in [7, 11) is 1.39. The van der Waals surface area contributed by atoms with Crippen LogP contribution in [-0.4, -0.2) is 19.6 Å². The van der Waals surface area contributed by atoms with E-state index >= 15 is 0 Å². The second-order valence-electron chi connectivity index (χ2n) is 7.58. The van der Waals surface area contributed by atoms with Crippen LogP contribution < -0.4 is 20.9 Å². The fourth-order valence-electron chi connectivity index (χ4n) is 4.18. The molecule has 1 heterocycles. The summed E-state index contributed by atoms with van der Waals surface area (Å²) >= 11 is 0. The first kappa shape index (κ1) is 21.7. The number of carbonyl (C=O) groups is 1. The zero-order valence-corrected chi connectivity index (χ0v) is 17.2. The highest BCUT2D eigenvalue weighted by Crippen LogP contribution is 2.50. The second kappa shape index (κ2) is 7.87. The summed E-state index contributed by atoms with van der Waals surface area (Å²) in [4.78, 5) is 12.1. The zero-order valence-electron chi connectivity index (χ0n) is 17.2. The van der Waals surface area contributed by atoms with Crippen molar-refractivity contribution in [3.05, 3.63) is 82.9 Å². The number of hydrogen-bond donors (Lipinski definition) is 2. The van der Waals surface area contributed by atoms with E-state index in [1.165, 1.54) is 31.4 Å². The standard InChI is InChI=1S/C24H21F3N2O3/c1-31-15-7-8-16(22(29)30)17(11-15)21-18-12-23(13-28,14-5-3-2-4-6-14)32-20(18)10-9-19(21)24(25,26)27/h2-11H,12-13,28H2,1H3,(H2,29,30). The fraction of sp³-hybridized carbons (Fsp3) is 0.208. The normalized spacial score (nSPS) is 17.5. The van der Waals surface area contributed by atoms with Gasteiger partial charge < -0.3 is 20.9 Å². The third-order valence-corrected chi connectivity index (χ3v) is 5.73. The van der Waals surface area contributed by atoms with Gasteiger partial charge >= 0.3 is 6.18 Å². The predicted molar refractivity (Wildman–Crippen MR) is 113 cm³/mol. The Hall–Kier alpha value is -3.52. The van der Waals surface area contributed by atoms with Crippen LogP contribution in [-0.2, 0) is 18.2 Å². The van der Waals surface area contributed by atoms with E-state index in [0.717, 1.165) is 11.6 Å².